The Labute approximate surface area is 160 Å². The molecule has 5 heteroatoms. The maximum absolute atomic E-state index is 12.5. The molecule has 2 aromatic carbocycles. The normalized spacial score (nSPS) is 14.0. The number of benzene rings is 2. The Morgan fingerprint density at radius 3 is 2.15 bits per heavy atom. The largest absolute Gasteiger partial charge is 0.339 e. The molecule has 0 saturated carbocycles. The standard InChI is InChI=1S/C21H25N3OS/c1-15-6-9-19(14-16(15)2)23-21(26)22-18-10-7-17(8-11-18)20(25)24-12-4-3-5-13-24/h6-11,14H,3-5,12-13H2,1-2H3,(H2,22,23,26). The Morgan fingerprint density at radius 2 is 1.50 bits per heavy atom. The lowest BCUT2D eigenvalue weighted by atomic mass is 10.1. The van der Waals surface area contributed by atoms with Crippen LogP contribution in [0, 0.1) is 13.8 Å². The second-order valence-corrected chi connectivity index (χ2v) is 7.22. The summed E-state index contributed by atoms with van der Waals surface area (Å²) in [4.78, 5) is 14.4. The van der Waals surface area contributed by atoms with Gasteiger partial charge in [-0.2, -0.15) is 0 Å². The van der Waals surface area contributed by atoms with Crippen molar-refractivity contribution < 1.29 is 4.79 Å². The van der Waals surface area contributed by atoms with E-state index in [9.17, 15) is 4.79 Å². The summed E-state index contributed by atoms with van der Waals surface area (Å²) >= 11 is 5.38. The molecular formula is C21H25N3OS. The highest BCUT2D eigenvalue weighted by Crippen LogP contribution is 2.17. The average molecular weight is 368 g/mol. The molecule has 0 aromatic heterocycles. The van der Waals surface area contributed by atoms with Crippen molar-refractivity contribution in [1.82, 2.24) is 4.90 Å². The van der Waals surface area contributed by atoms with E-state index < -0.39 is 0 Å². The molecule has 0 spiro atoms. The SMILES string of the molecule is Cc1ccc(NC(=S)Nc2ccc(C(=O)N3CCCCC3)cc2)cc1C. The number of anilines is 2. The molecule has 0 unspecified atom stereocenters. The number of carbonyl (C=O) groups excluding carboxylic acids is 1. The fourth-order valence-corrected chi connectivity index (χ4v) is 3.32. The average Bonchev–Trinajstić information content (AvgIpc) is 2.65. The van der Waals surface area contributed by atoms with Gasteiger partial charge in [-0.1, -0.05) is 6.07 Å². The van der Waals surface area contributed by atoms with E-state index in [4.69, 9.17) is 12.2 Å². The van der Waals surface area contributed by atoms with Gasteiger partial charge < -0.3 is 15.5 Å². The van der Waals surface area contributed by atoms with Crippen LogP contribution >= 0.6 is 12.2 Å². The number of piperidine rings is 1. The molecule has 1 amide bonds. The Balaban J connectivity index is 1.58. The predicted octanol–water partition coefficient (Wildman–Crippen LogP) is 4.74. The quantitative estimate of drug-likeness (QED) is 0.769. The number of amides is 1. The lowest BCUT2D eigenvalue weighted by Crippen LogP contribution is -2.35. The van der Waals surface area contributed by atoms with Gasteiger partial charge in [0.1, 0.15) is 0 Å². The molecule has 1 heterocycles. The maximum atomic E-state index is 12.5. The molecule has 2 N–H and O–H groups in total. The number of hydrogen-bond donors (Lipinski definition) is 2. The van der Waals surface area contributed by atoms with Crippen molar-refractivity contribution in [2.45, 2.75) is 33.1 Å². The van der Waals surface area contributed by atoms with E-state index >= 15 is 0 Å². The van der Waals surface area contributed by atoms with Crippen LogP contribution in [0.5, 0.6) is 0 Å². The fraction of sp³-hybridized carbons (Fsp3) is 0.333. The minimum Gasteiger partial charge on any atom is -0.339 e. The van der Waals surface area contributed by atoms with E-state index in [1.54, 1.807) is 0 Å². The predicted molar refractivity (Wildman–Crippen MR) is 112 cm³/mol. The van der Waals surface area contributed by atoms with Crippen molar-refractivity contribution in [3.8, 4) is 0 Å². The summed E-state index contributed by atoms with van der Waals surface area (Å²) in [7, 11) is 0. The second kappa shape index (κ2) is 8.32. The topological polar surface area (TPSA) is 44.4 Å². The van der Waals surface area contributed by atoms with E-state index in [1.165, 1.54) is 17.5 Å². The van der Waals surface area contributed by atoms with Crippen LogP contribution in [0.3, 0.4) is 0 Å². The fourth-order valence-electron chi connectivity index (χ4n) is 3.09. The Morgan fingerprint density at radius 1 is 0.885 bits per heavy atom. The number of rotatable bonds is 3. The van der Waals surface area contributed by atoms with Gasteiger partial charge in [-0.15, -0.1) is 0 Å². The zero-order valence-corrected chi connectivity index (χ0v) is 16.2. The molecule has 1 aliphatic heterocycles. The van der Waals surface area contributed by atoms with Crippen LogP contribution in [-0.2, 0) is 0 Å². The van der Waals surface area contributed by atoms with Crippen LogP contribution in [0.25, 0.3) is 0 Å². The van der Waals surface area contributed by atoms with Crippen LogP contribution in [0.4, 0.5) is 11.4 Å². The number of nitrogens with one attached hydrogen (secondary N) is 2. The Hall–Kier alpha value is -2.40. The second-order valence-electron chi connectivity index (χ2n) is 6.81. The van der Waals surface area contributed by atoms with Gasteiger partial charge in [-0.05, 0) is 92.9 Å². The number of aryl methyl sites for hydroxylation is 2. The smallest absolute Gasteiger partial charge is 0.253 e. The van der Waals surface area contributed by atoms with E-state index in [0.717, 1.165) is 42.9 Å². The third-order valence-corrected chi connectivity index (χ3v) is 5.00. The number of thiocarbonyl (C=S) groups is 1. The summed E-state index contributed by atoms with van der Waals surface area (Å²) in [5.74, 6) is 0.118. The first-order valence-electron chi connectivity index (χ1n) is 9.07. The van der Waals surface area contributed by atoms with Gasteiger partial charge in [0, 0.05) is 30.0 Å². The molecule has 136 valence electrons. The van der Waals surface area contributed by atoms with Crippen molar-refractivity contribution in [2.24, 2.45) is 0 Å². The maximum Gasteiger partial charge on any atom is 0.253 e. The van der Waals surface area contributed by atoms with Crippen LogP contribution in [0.2, 0.25) is 0 Å². The number of nitrogens with zero attached hydrogens (tertiary/aromatic N) is 1. The summed E-state index contributed by atoms with van der Waals surface area (Å²) in [5, 5.41) is 6.89. The minimum absolute atomic E-state index is 0.118. The molecule has 0 atom stereocenters. The van der Waals surface area contributed by atoms with Gasteiger partial charge in [-0.25, -0.2) is 0 Å². The van der Waals surface area contributed by atoms with Crippen molar-refractivity contribution in [3.63, 3.8) is 0 Å². The molecular weight excluding hydrogens is 342 g/mol. The van der Waals surface area contributed by atoms with Crippen molar-refractivity contribution in [2.75, 3.05) is 23.7 Å². The van der Waals surface area contributed by atoms with Crippen LogP contribution in [0.15, 0.2) is 42.5 Å². The van der Waals surface area contributed by atoms with Crippen molar-refractivity contribution in [1.29, 1.82) is 0 Å². The molecule has 0 radical (unpaired) electrons. The molecule has 1 aliphatic rings. The van der Waals surface area contributed by atoms with Crippen LogP contribution < -0.4 is 10.6 Å². The third kappa shape index (κ3) is 4.61. The van der Waals surface area contributed by atoms with Crippen molar-refractivity contribution in [3.05, 3.63) is 59.2 Å². The lowest BCUT2D eigenvalue weighted by molar-refractivity contribution is 0.0724. The molecule has 1 fully saturated rings. The molecule has 26 heavy (non-hydrogen) atoms. The molecule has 1 saturated heterocycles. The molecule has 4 nitrogen and oxygen atoms in total. The van der Waals surface area contributed by atoms with E-state index in [-0.39, 0.29) is 5.91 Å². The van der Waals surface area contributed by atoms with Crippen molar-refractivity contribution >= 4 is 34.6 Å². The van der Waals surface area contributed by atoms with Gasteiger partial charge in [0.2, 0.25) is 0 Å². The number of likely N-dealkylation sites (tertiary alicyclic amines) is 1. The summed E-state index contributed by atoms with van der Waals surface area (Å²) in [5.41, 5.74) is 5.02. The summed E-state index contributed by atoms with van der Waals surface area (Å²) in [6.45, 7) is 5.89. The molecule has 0 aliphatic carbocycles. The Bertz CT molecular complexity index is 795. The highest BCUT2D eigenvalue weighted by molar-refractivity contribution is 7.80. The summed E-state index contributed by atoms with van der Waals surface area (Å²) in [6.07, 6.45) is 3.42. The molecule has 0 bridgehead atoms. The van der Waals surface area contributed by atoms with Gasteiger partial charge in [0.15, 0.2) is 5.11 Å². The van der Waals surface area contributed by atoms with Gasteiger partial charge in [0.25, 0.3) is 5.91 Å². The third-order valence-electron chi connectivity index (χ3n) is 4.80. The van der Waals surface area contributed by atoms with Gasteiger partial charge >= 0.3 is 0 Å². The van der Waals surface area contributed by atoms with E-state index in [2.05, 4.69) is 36.6 Å². The van der Waals surface area contributed by atoms with E-state index in [0.29, 0.717) is 5.11 Å². The number of hydrogen-bond acceptors (Lipinski definition) is 2. The number of carbonyl (C=O) groups is 1. The summed E-state index contributed by atoms with van der Waals surface area (Å²) in [6, 6.07) is 13.7. The summed E-state index contributed by atoms with van der Waals surface area (Å²) < 4.78 is 0. The Kier molecular flexibility index (Phi) is 5.89. The molecule has 3 rings (SSSR count). The zero-order valence-electron chi connectivity index (χ0n) is 15.3. The monoisotopic (exact) mass is 367 g/mol. The van der Waals surface area contributed by atoms with Gasteiger partial charge in [-0.3, -0.25) is 4.79 Å². The zero-order chi connectivity index (χ0) is 18.5. The lowest BCUT2D eigenvalue weighted by Gasteiger charge is -2.26. The highest BCUT2D eigenvalue weighted by Gasteiger charge is 2.17. The minimum atomic E-state index is 0.118. The van der Waals surface area contributed by atoms with Crippen LogP contribution in [0.1, 0.15) is 40.7 Å². The molecule has 2 aromatic rings. The van der Waals surface area contributed by atoms with E-state index in [1.807, 2.05) is 35.2 Å². The van der Waals surface area contributed by atoms with Gasteiger partial charge in [0.05, 0.1) is 0 Å². The van der Waals surface area contributed by atoms with Crippen LogP contribution in [-0.4, -0.2) is 29.0 Å². The first-order chi connectivity index (χ1) is 12.5. The first kappa shape index (κ1) is 18.4. The highest BCUT2D eigenvalue weighted by atomic mass is 32.1. The first-order valence-corrected chi connectivity index (χ1v) is 9.48.